The molecule has 2 saturated heterocycles. The number of ether oxygens (including phenoxy) is 2. The maximum absolute atomic E-state index is 11.4. The normalized spacial score (nSPS) is 45.5. The zero-order chi connectivity index (χ0) is 11.0. The van der Waals surface area contributed by atoms with Crippen molar-refractivity contribution in [2.45, 2.75) is 44.7 Å². The number of rotatable bonds is 1. The third-order valence-corrected chi connectivity index (χ3v) is 3.02. The standard InChI is InChI=1S/C11H16O4/c1-3-4-7-5-8(12)9-10(15-7)6(2)14-11(9)13/h3-4,6-10,12H,5H2,1-2H3/b4-3+/t6-,7-,8+,9-,10+/m0/s1. The van der Waals surface area contributed by atoms with Crippen molar-refractivity contribution in [1.82, 2.24) is 0 Å². The highest BCUT2D eigenvalue weighted by atomic mass is 16.6. The van der Waals surface area contributed by atoms with Crippen LogP contribution in [-0.2, 0) is 14.3 Å². The Kier molecular flexibility index (Phi) is 2.80. The molecule has 2 rings (SSSR count). The maximum atomic E-state index is 11.4. The van der Waals surface area contributed by atoms with Crippen molar-refractivity contribution in [2.75, 3.05) is 0 Å². The van der Waals surface area contributed by atoms with E-state index in [0.717, 1.165) is 0 Å². The van der Waals surface area contributed by atoms with E-state index < -0.39 is 12.0 Å². The molecule has 0 saturated carbocycles. The number of hydrogen-bond acceptors (Lipinski definition) is 4. The van der Waals surface area contributed by atoms with Gasteiger partial charge in [0.2, 0.25) is 0 Å². The third-order valence-electron chi connectivity index (χ3n) is 3.02. The number of esters is 1. The van der Waals surface area contributed by atoms with Crippen molar-refractivity contribution in [3.63, 3.8) is 0 Å². The van der Waals surface area contributed by atoms with Crippen LogP contribution in [0.15, 0.2) is 12.2 Å². The monoisotopic (exact) mass is 212 g/mol. The molecule has 4 heteroatoms. The van der Waals surface area contributed by atoms with Gasteiger partial charge in [-0.25, -0.2) is 0 Å². The zero-order valence-corrected chi connectivity index (χ0v) is 8.92. The largest absolute Gasteiger partial charge is 0.460 e. The average molecular weight is 212 g/mol. The summed E-state index contributed by atoms with van der Waals surface area (Å²) in [7, 11) is 0. The van der Waals surface area contributed by atoms with Crippen LogP contribution in [0.3, 0.4) is 0 Å². The van der Waals surface area contributed by atoms with E-state index >= 15 is 0 Å². The number of carbonyl (C=O) groups is 1. The van der Waals surface area contributed by atoms with Crippen molar-refractivity contribution in [3.05, 3.63) is 12.2 Å². The van der Waals surface area contributed by atoms with Gasteiger partial charge in [0, 0.05) is 6.42 Å². The number of fused-ring (bicyclic) bond motifs is 1. The number of hydrogen-bond donors (Lipinski definition) is 1. The number of allylic oxidation sites excluding steroid dienone is 1. The van der Waals surface area contributed by atoms with Crippen LogP contribution >= 0.6 is 0 Å². The Morgan fingerprint density at radius 2 is 2.27 bits per heavy atom. The highest BCUT2D eigenvalue weighted by molar-refractivity contribution is 5.76. The second-order valence-electron chi connectivity index (χ2n) is 4.14. The molecule has 2 heterocycles. The molecular weight excluding hydrogens is 196 g/mol. The second-order valence-corrected chi connectivity index (χ2v) is 4.14. The number of cyclic esters (lactones) is 1. The molecule has 0 bridgehead atoms. The Labute approximate surface area is 88.9 Å². The summed E-state index contributed by atoms with van der Waals surface area (Å²) >= 11 is 0. The van der Waals surface area contributed by atoms with E-state index in [9.17, 15) is 9.90 Å². The summed E-state index contributed by atoms with van der Waals surface area (Å²) in [4.78, 5) is 11.4. The van der Waals surface area contributed by atoms with Gasteiger partial charge in [-0.1, -0.05) is 12.2 Å². The fraction of sp³-hybridized carbons (Fsp3) is 0.727. The van der Waals surface area contributed by atoms with Gasteiger partial charge in [-0.15, -0.1) is 0 Å². The summed E-state index contributed by atoms with van der Waals surface area (Å²) in [6, 6.07) is 0. The number of aliphatic hydroxyl groups is 1. The molecule has 1 N–H and O–H groups in total. The van der Waals surface area contributed by atoms with Crippen LogP contribution in [0.5, 0.6) is 0 Å². The van der Waals surface area contributed by atoms with Crippen LogP contribution in [0.25, 0.3) is 0 Å². The molecule has 2 aliphatic heterocycles. The Morgan fingerprint density at radius 3 is 2.93 bits per heavy atom. The molecule has 2 fully saturated rings. The fourth-order valence-corrected chi connectivity index (χ4v) is 2.31. The second kappa shape index (κ2) is 3.94. The molecule has 84 valence electrons. The minimum absolute atomic E-state index is 0.108. The SMILES string of the molecule is C/C=C/[C@H]1C[C@@H](O)[C@@H]2C(=O)O[C@@H](C)[C@H]2O1. The topological polar surface area (TPSA) is 55.8 Å². The van der Waals surface area contributed by atoms with E-state index in [-0.39, 0.29) is 24.3 Å². The Balaban J connectivity index is 2.14. The summed E-state index contributed by atoms with van der Waals surface area (Å²) in [5.74, 6) is -0.833. The van der Waals surface area contributed by atoms with Gasteiger partial charge in [-0.3, -0.25) is 4.79 Å². The van der Waals surface area contributed by atoms with E-state index in [4.69, 9.17) is 9.47 Å². The first-order chi connectivity index (χ1) is 7.13. The highest BCUT2D eigenvalue weighted by Gasteiger charge is 2.51. The van der Waals surface area contributed by atoms with E-state index in [0.29, 0.717) is 6.42 Å². The first-order valence-corrected chi connectivity index (χ1v) is 5.30. The molecule has 0 aromatic rings. The maximum Gasteiger partial charge on any atom is 0.314 e. The summed E-state index contributed by atoms with van der Waals surface area (Å²) in [5.41, 5.74) is 0. The lowest BCUT2D eigenvalue weighted by molar-refractivity contribution is -0.149. The molecule has 15 heavy (non-hydrogen) atoms. The average Bonchev–Trinajstić information content (AvgIpc) is 2.43. The minimum Gasteiger partial charge on any atom is -0.460 e. The molecule has 0 aromatic carbocycles. The van der Waals surface area contributed by atoms with Crippen molar-refractivity contribution < 1.29 is 19.4 Å². The predicted octanol–water partition coefficient (Wildman–Crippen LogP) is 0.642. The molecule has 0 unspecified atom stereocenters. The lowest BCUT2D eigenvalue weighted by atomic mass is 9.88. The van der Waals surface area contributed by atoms with Crippen molar-refractivity contribution in [1.29, 1.82) is 0 Å². The van der Waals surface area contributed by atoms with Gasteiger partial charge in [0.15, 0.2) is 0 Å². The Hall–Kier alpha value is -0.870. The van der Waals surface area contributed by atoms with E-state index in [1.807, 2.05) is 19.1 Å². The molecule has 4 nitrogen and oxygen atoms in total. The van der Waals surface area contributed by atoms with Crippen LogP contribution in [0.1, 0.15) is 20.3 Å². The Morgan fingerprint density at radius 1 is 1.53 bits per heavy atom. The van der Waals surface area contributed by atoms with Crippen molar-refractivity contribution in [2.24, 2.45) is 5.92 Å². The van der Waals surface area contributed by atoms with Crippen LogP contribution in [0, 0.1) is 5.92 Å². The van der Waals surface area contributed by atoms with Crippen LogP contribution in [0.4, 0.5) is 0 Å². The van der Waals surface area contributed by atoms with Gasteiger partial charge in [0.25, 0.3) is 0 Å². The molecule has 0 aromatic heterocycles. The first-order valence-electron chi connectivity index (χ1n) is 5.30. The summed E-state index contributed by atoms with van der Waals surface area (Å²) < 4.78 is 10.8. The summed E-state index contributed by atoms with van der Waals surface area (Å²) in [6.45, 7) is 3.70. The lowest BCUT2D eigenvalue weighted by Crippen LogP contribution is -2.45. The number of aliphatic hydroxyl groups excluding tert-OH is 1. The molecule has 0 spiro atoms. The van der Waals surface area contributed by atoms with E-state index in [1.165, 1.54) is 0 Å². The van der Waals surface area contributed by atoms with Crippen LogP contribution in [-0.4, -0.2) is 35.5 Å². The van der Waals surface area contributed by atoms with Gasteiger partial charge in [0.05, 0.1) is 12.2 Å². The first kappa shape index (κ1) is 10.6. The van der Waals surface area contributed by atoms with Gasteiger partial charge in [0.1, 0.15) is 18.1 Å². The van der Waals surface area contributed by atoms with Gasteiger partial charge in [-0.2, -0.15) is 0 Å². The fourth-order valence-electron chi connectivity index (χ4n) is 2.31. The van der Waals surface area contributed by atoms with Crippen LogP contribution < -0.4 is 0 Å². The van der Waals surface area contributed by atoms with E-state index in [1.54, 1.807) is 6.92 Å². The summed E-state index contributed by atoms with van der Waals surface area (Å²) in [5, 5.41) is 9.85. The third kappa shape index (κ3) is 1.79. The number of carbonyl (C=O) groups excluding carboxylic acids is 1. The molecule has 0 aliphatic carbocycles. The summed E-state index contributed by atoms with van der Waals surface area (Å²) in [6.07, 6.45) is 2.93. The van der Waals surface area contributed by atoms with Crippen LogP contribution in [0.2, 0.25) is 0 Å². The van der Waals surface area contributed by atoms with Gasteiger partial charge in [-0.05, 0) is 13.8 Å². The zero-order valence-electron chi connectivity index (χ0n) is 8.92. The van der Waals surface area contributed by atoms with Gasteiger partial charge < -0.3 is 14.6 Å². The quantitative estimate of drug-likeness (QED) is 0.512. The lowest BCUT2D eigenvalue weighted by Gasteiger charge is -2.33. The molecule has 2 aliphatic rings. The molecule has 5 atom stereocenters. The highest BCUT2D eigenvalue weighted by Crippen LogP contribution is 2.35. The van der Waals surface area contributed by atoms with Crippen molar-refractivity contribution in [3.8, 4) is 0 Å². The van der Waals surface area contributed by atoms with Crippen molar-refractivity contribution >= 4 is 5.97 Å². The minimum atomic E-state index is -0.651. The predicted molar refractivity (Wildman–Crippen MR) is 53.1 cm³/mol. The van der Waals surface area contributed by atoms with E-state index in [2.05, 4.69) is 0 Å². The molecule has 0 amide bonds. The molecular formula is C11H16O4. The molecule has 0 radical (unpaired) electrons. The smallest absolute Gasteiger partial charge is 0.314 e. The van der Waals surface area contributed by atoms with Gasteiger partial charge >= 0.3 is 5.97 Å². The Bertz CT molecular complexity index is 286.